The van der Waals surface area contributed by atoms with Gasteiger partial charge in [-0.3, -0.25) is 4.79 Å². The van der Waals surface area contributed by atoms with Crippen LogP contribution in [0.4, 0.5) is 0 Å². The van der Waals surface area contributed by atoms with Crippen molar-refractivity contribution in [1.82, 2.24) is 0 Å². The molecule has 0 aliphatic heterocycles. The number of esters is 1. The first-order valence-electron chi connectivity index (χ1n) is 4.04. The minimum Gasteiger partial charge on any atom is -0.469 e. The fraction of sp³-hybridized carbons (Fsp3) is 0.875. The third-order valence-corrected chi connectivity index (χ3v) is 1.73. The number of hydrogen-bond acceptors (Lipinski definition) is 3. The van der Waals surface area contributed by atoms with E-state index in [4.69, 9.17) is 5.73 Å². The molecule has 1 atom stereocenters. The summed E-state index contributed by atoms with van der Waals surface area (Å²) in [7, 11) is 1.40. The lowest BCUT2D eigenvalue weighted by molar-refractivity contribution is -0.145. The van der Waals surface area contributed by atoms with E-state index < -0.39 is 0 Å². The molecule has 1 unspecified atom stereocenters. The van der Waals surface area contributed by atoms with Gasteiger partial charge in [0.05, 0.1) is 13.0 Å². The van der Waals surface area contributed by atoms with Crippen LogP contribution in [-0.4, -0.2) is 19.6 Å². The normalized spacial score (nSPS) is 12.6. The van der Waals surface area contributed by atoms with Crippen LogP contribution in [0, 0.1) is 5.92 Å². The summed E-state index contributed by atoms with van der Waals surface area (Å²) >= 11 is 0. The lowest BCUT2D eigenvalue weighted by Crippen LogP contribution is -2.24. The van der Waals surface area contributed by atoms with Crippen molar-refractivity contribution in [2.45, 2.75) is 26.2 Å². The molecule has 66 valence electrons. The van der Waals surface area contributed by atoms with Crippen molar-refractivity contribution in [3.05, 3.63) is 0 Å². The van der Waals surface area contributed by atoms with E-state index in [0.717, 1.165) is 19.3 Å². The number of unbranched alkanes of at least 4 members (excludes halogenated alkanes) is 1. The van der Waals surface area contributed by atoms with Gasteiger partial charge < -0.3 is 10.5 Å². The van der Waals surface area contributed by atoms with E-state index in [0.29, 0.717) is 6.54 Å². The first kappa shape index (κ1) is 10.4. The monoisotopic (exact) mass is 159 g/mol. The molecule has 3 nitrogen and oxygen atoms in total. The second-order valence-electron chi connectivity index (χ2n) is 2.60. The lowest BCUT2D eigenvalue weighted by atomic mass is 10.0. The first-order chi connectivity index (χ1) is 5.26. The Morgan fingerprint density at radius 3 is 2.64 bits per heavy atom. The molecule has 0 bridgehead atoms. The lowest BCUT2D eigenvalue weighted by Gasteiger charge is -2.10. The average molecular weight is 159 g/mol. The highest BCUT2D eigenvalue weighted by Gasteiger charge is 2.15. The summed E-state index contributed by atoms with van der Waals surface area (Å²) in [6.45, 7) is 2.48. The van der Waals surface area contributed by atoms with Crippen LogP contribution in [0.1, 0.15) is 26.2 Å². The Hall–Kier alpha value is -0.570. The van der Waals surface area contributed by atoms with Crippen LogP contribution in [0.25, 0.3) is 0 Å². The second-order valence-corrected chi connectivity index (χ2v) is 2.60. The predicted molar refractivity (Wildman–Crippen MR) is 44.1 cm³/mol. The van der Waals surface area contributed by atoms with Crippen molar-refractivity contribution in [3.8, 4) is 0 Å². The molecule has 0 spiro atoms. The van der Waals surface area contributed by atoms with E-state index in [-0.39, 0.29) is 11.9 Å². The van der Waals surface area contributed by atoms with E-state index in [9.17, 15) is 4.79 Å². The fourth-order valence-electron chi connectivity index (χ4n) is 0.949. The summed E-state index contributed by atoms with van der Waals surface area (Å²) in [5.41, 5.74) is 5.39. The Bertz CT molecular complexity index is 115. The molecule has 0 saturated heterocycles. The van der Waals surface area contributed by atoms with Gasteiger partial charge in [-0.2, -0.15) is 0 Å². The summed E-state index contributed by atoms with van der Waals surface area (Å²) in [4.78, 5) is 10.9. The number of ether oxygens (including phenoxy) is 1. The number of carbonyl (C=O) groups excluding carboxylic acids is 1. The molecule has 0 aromatic heterocycles. The first-order valence-corrected chi connectivity index (χ1v) is 4.04. The zero-order valence-electron chi connectivity index (χ0n) is 7.30. The molecule has 2 N–H and O–H groups in total. The zero-order valence-corrected chi connectivity index (χ0v) is 7.30. The third-order valence-electron chi connectivity index (χ3n) is 1.73. The Kier molecular flexibility index (Phi) is 5.84. The largest absolute Gasteiger partial charge is 0.469 e. The molecule has 3 heteroatoms. The minimum atomic E-state index is -0.180. The molecule has 0 aliphatic rings. The molecule has 0 saturated carbocycles. The topological polar surface area (TPSA) is 52.3 Å². The van der Waals surface area contributed by atoms with Gasteiger partial charge in [-0.05, 0) is 6.42 Å². The van der Waals surface area contributed by atoms with Crippen LogP contribution in [0.2, 0.25) is 0 Å². The molecule has 0 aliphatic carbocycles. The van der Waals surface area contributed by atoms with Crippen LogP contribution >= 0.6 is 0 Å². The summed E-state index contributed by atoms with van der Waals surface area (Å²) in [5, 5.41) is 0. The minimum absolute atomic E-state index is 0.0973. The number of methoxy groups -OCH3 is 1. The summed E-state index contributed by atoms with van der Waals surface area (Å²) in [5.74, 6) is -0.277. The van der Waals surface area contributed by atoms with E-state index >= 15 is 0 Å². The Morgan fingerprint density at radius 2 is 2.27 bits per heavy atom. The van der Waals surface area contributed by atoms with Gasteiger partial charge >= 0.3 is 5.97 Å². The predicted octanol–water partition coefficient (Wildman–Crippen LogP) is 0.924. The number of carbonyl (C=O) groups is 1. The highest BCUT2D eigenvalue weighted by Crippen LogP contribution is 2.08. The quantitative estimate of drug-likeness (QED) is 0.607. The standard InChI is InChI=1S/C8H17NO2/c1-3-4-5-7(6-9)8(10)11-2/h7H,3-6,9H2,1-2H3. The maximum atomic E-state index is 10.9. The highest BCUT2D eigenvalue weighted by molar-refractivity contribution is 5.72. The van der Waals surface area contributed by atoms with Crippen molar-refractivity contribution >= 4 is 5.97 Å². The van der Waals surface area contributed by atoms with Crippen LogP contribution < -0.4 is 5.73 Å². The van der Waals surface area contributed by atoms with E-state index in [1.807, 2.05) is 0 Å². The van der Waals surface area contributed by atoms with Crippen LogP contribution in [0.5, 0.6) is 0 Å². The van der Waals surface area contributed by atoms with Gasteiger partial charge in [-0.15, -0.1) is 0 Å². The smallest absolute Gasteiger partial charge is 0.309 e. The number of hydrogen-bond donors (Lipinski definition) is 1. The molecule has 0 heterocycles. The molecule has 0 aromatic rings. The van der Waals surface area contributed by atoms with Gasteiger partial charge in [0.15, 0.2) is 0 Å². The average Bonchev–Trinajstić information content (AvgIpc) is 2.05. The molecule has 0 aromatic carbocycles. The Morgan fingerprint density at radius 1 is 1.64 bits per heavy atom. The van der Waals surface area contributed by atoms with E-state index in [1.165, 1.54) is 7.11 Å². The highest BCUT2D eigenvalue weighted by atomic mass is 16.5. The van der Waals surface area contributed by atoms with Gasteiger partial charge in [-0.1, -0.05) is 19.8 Å². The maximum Gasteiger partial charge on any atom is 0.309 e. The van der Waals surface area contributed by atoms with Crippen LogP contribution in [0.15, 0.2) is 0 Å². The van der Waals surface area contributed by atoms with Gasteiger partial charge in [0.1, 0.15) is 0 Å². The van der Waals surface area contributed by atoms with Gasteiger partial charge in [-0.25, -0.2) is 0 Å². The molecule has 0 rings (SSSR count). The number of rotatable bonds is 5. The summed E-state index contributed by atoms with van der Waals surface area (Å²) < 4.78 is 4.58. The summed E-state index contributed by atoms with van der Waals surface area (Å²) in [6, 6.07) is 0. The van der Waals surface area contributed by atoms with E-state index in [2.05, 4.69) is 11.7 Å². The van der Waals surface area contributed by atoms with Crippen molar-refractivity contribution in [2.24, 2.45) is 11.7 Å². The SMILES string of the molecule is CCCCC(CN)C(=O)OC. The van der Waals surface area contributed by atoms with E-state index in [1.54, 1.807) is 0 Å². The van der Waals surface area contributed by atoms with Crippen molar-refractivity contribution in [3.63, 3.8) is 0 Å². The van der Waals surface area contributed by atoms with Crippen molar-refractivity contribution in [1.29, 1.82) is 0 Å². The molecule has 0 radical (unpaired) electrons. The molecule has 0 amide bonds. The van der Waals surface area contributed by atoms with Gasteiger partial charge in [0, 0.05) is 6.54 Å². The number of nitrogens with two attached hydrogens (primary N) is 1. The molecular formula is C8H17NO2. The second kappa shape index (κ2) is 6.16. The van der Waals surface area contributed by atoms with Gasteiger partial charge in [0.25, 0.3) is 0 Å². The Labute approximate surface area is 67.9 Å². The van der Waals surface area contributed by atoms with Crippen molar-refractivity contribution in [2.75, 3.05) is 13.7 Å². The molecule has 0 fully saturated rings. The summed E-state index contributed by atoms with van der Waals surface area (Å²) in [6.07, 6.45) is 2.98. The zero-order chi connectivity index (χ0) is 8.69. The molecule has 11 heavy (non-hydrogen) atoms. The third kappa shape index (κ3) is 3.98. The molecular weight excluding hydrogens is 142 g/mol. The Balaban J connectivity index is 3.65. The maximum absolute atomic E-state index is 10.9. The van der Waals surface area contributed by atoms with Crippen LogP contribution in [0.3, 0.4) is 0 Å². The van der Waals surface area contributed by atoms with Crippen LogP contribution in [-0.2, 0) is 9.53 Å². The van der Waals surface area contributed by atoms with Gasteiger partial charge in [0.2, 0.25) is 0 Å². The fourth-order valence-corrected chi connectivity index (χ4v) is 0.949. The van der Waals surface area contributed by atoms with Crippen molar-refractivity contribution < 1.29 is 9.53 Å².